The van der Waals surface area contributed by atoms with Gasteiger partial charge >= 0.3 is 0 Å². The first kappa shape index (κ1) is 12.7. The topological polar surface area (TPSA) is 0 Å². The van der Waals surface area contributed by atoms with Crippen molar-refractivity contribution in [2.45, 2.75) is 44.9 Å². The first-order chi connectivity index (χ1) is 9.71. The largest absolute Gasteiger partial charge is 0.113 e. The molecule has 2 radical (unpaired) electrons. The highest BCUT2D eigenvalue weighted by molar-refractivity contribution is 6.32. The second kappa shape index (κ2) is 4.79. The van der Waals surface area contributed by atoms with Crippen LogP contribution in [0.25, 0.3) is 0 Å². The van der Waals surface area contributed by atoms with Gasteiger partial charge < -0.3 is 0 Å². The fourth-order valence-electron chi connectivity index (χ4n) is 5.48. The molecule has 0 spiro atoms. The van der Waals surface area contributed by atoms with Gasteiger partial charge in [0.1, 0.15) is 7.85 Å². The van der Waals surface area contributed by atoms with E-state index in [9.17, 15) is 0 Å². The molecule has 0 N–H and O–H groups in total. The lowest BCUT2D eigenvalue weighted by molar-refractivity contribution is -0.0238. The molecule has 0 nitrogen and oxygen atoms in total. The van der Waals surface area contributed by atoms with Gasteiger partial charge in [-0.15, -0.1) is 0 Å². The Bertz CT molecular complexity index is 476. The van der Waals surface area contributed by atoms with Crippen molar-refractivity contribution in [3.8, 4) is 0 Å². The van der Waals surface area contributed by atoms with Crippen molar-refractivity contribution in [1.82, 2.24) is 0 Å². The van der Waals surface area contributed by atoms with Crippen LogP contribution in [0.5, 0.6) is 0 Å². The summed E-state index contributed by atoms with van der Waals surface area (Å²) in [5, 5.41) is 0. The maximum absolute atomic E-state index is 5.74. The number of rotatable bonds is 3. The first-order valence-corrected chi connectivity index (χ1v) is 8.23. The van der Waals surface area contributed by atoms with Crippen LogP contribution in [0.15, 0.2) is 36.4 Å². The van der Waals surface area contributed by atoms with Crippen LogP contribution in [0.1, 0.15) is 44.1 Å². The summed E-state index contributed by atoms with van der Waals surface area (Å²) in [5.41, 5.74) is 2.81. The Labute approximate surface area is 124 Å². The SMILES string of the molecule is [B]c1ccc(C/C=C/C23CC4CC(CC(C4)C2)C3)cc1. The van der Waals surface area contributed by atoms with Crippen molar-refractivity contribution in [2.24, 2.45) is 23.2 Å². The molecule has 20 heavy (non-hydrogen) atoms. The van der Waals surface area contributed by atoms with E-state index in [0.29, 0.717) is 5.41 Å². The quantitative estimate of drug-likeness (QED) is 0.574. The molecular formula is C19H23B. The van der Waals surface area contributed by atoms with E-state index in [4.69, 9.17) is 7.85 Å². The molecule has 4 aliphatic rings. The second-order valence-corrected chi connectivity index (χ2v) is 7.63. The standard InChI is InChI=1S/C19H23B/c20-18-5-3-14(4-6-18)2-1-7-19-11-15-8-16(12-19)10-17(9-15)13-19/h1,3-7,15-17H,2,8-13H2/b7-1+. The number of hydrogen-bond acceptors (Lipinski definition) is 0. The Kier molecular flexibility index (Phi) is 3.05. The average molecular weight is 262 g/mol. The number of hydrogen-bond donors (Lipinski definition) is 0. The molecule has 4 bridgehead atoms. The van der Waals surface area contributed by atoms with Gasteiger partial charge in [0.15, 0.2) is 0 Å². The van der Waals surface area contributed by atoms with Crippen LogP contribution in [0.3, 0.4) is 0 Å². The van der Waals surface area contributed by atoms with Crippen LogP contribution in [0.4, 0.5) is 0 Å². The molecule has 0 unspecified atom stereocenters. The molecule has 0 aliphatic heterocycles. The van der Waals surface area contributed by atoms with Gasteiger partial charge in [0.05, 0.1) is 0 Å². The minimum Gasteiger partial charge on any atom is -0.0967 e. The molecular weight excluding hydrogens is 239 g/mol. The highest BCUT2D eigenvalue weighted by atomic mass is 14.5. The van der Waals surface area contributed by atoms with Crippen molar-refractivity contribution < 1.29 is 0 Å². The maximum atomic E-state index is 5.74. The Morgan fingerprint density at radius 2 is 1.50 bits per heavy atom. The summed E-state index contributed by atoms with van der Waals surface area (Å²) < 4.78 is 0. The molecule has 1 aromatic carbocycles. The summed E-state index contributed by atoms with van der Waals surface area (Å²) in [6.07, 6.45) is 15.1. The summed E-state index contributed by atoms with van der Waals surface area (Å²) in [5.74, 6) is 3.13. The van der Waals surface area contributed by atoms with E-state index in [0.717, 1.165) is 29.6 Å². The van der Waals surface area contributed by atoms with Crippen molar-refractivity contribution >= 4 is 13.3 Å². The van der Waals surface area contributed by atoms with Gasteiger partial charge in [-0.2, -0.15) is 0 Å². The van der Waals surface area contributed by atoms with E-state index in [1.807, 2.05) is 12.1 Å². The molecule has 4 saturated carbocycles. The summed E-state index contributed by atoms with van der Waals surface area (Å²) in [7, 11) is 5.74. The van der Waals surface area contributed by atoms with Crippen molar-refractivity contribution in [3.05, 3.63) is 42.0 Å². The normalized spacial score (nSPS) is 38.7. The minimum absolute atomic E-state index is 0.572. The lowest BCUT2D eigenvalue weighted by Gasteiger charge is -2.56. The lowest BCUT2D eigenvalue weighted by Crippen LogP contribution is -2.44. The zero-order chi connectivity index (χ0) is 13.6. The van der Waals surface area contributed by atoms with Crippen molar-refractivity contribution in [3.63, 3.8) is 0 Å². The number of allylic oxidation sites excluding steroid dienone is 2. The third kappa shape index (κ3) is 2.36. The molecule has 102 valence electrons. The molecule has 0 heterocycles. The molecule has 0 amide bonds. The molecule has 5 rings (SSSR count). The van der Waals surface area contributed by atoms with Gasteiger partial charge in [0.2, 0.25) is 0 Å². The van der Waals surface area contributed by atoms with Gasteiger partial charge in [0, 0.05) is 0 Å². The van der Waals surface area contributed by atoms with Gasteiger partial charge in [-0.3, -0.25) is 0 Å². The lowest BCUT2D eigenvalue weighted by atomic mass is 9.49. The zero-order valence-corrected chi connectivity index (χ0v) is 12.2. The maximum Gasteiger partial charge on any atom is 0.113 e. The van der Waals surface area contributed by atoms with Gasteiger partial charge in [0.25, 0.3) is 0 Å². The smallest absolute Gasteiger partial charge is 0.0967 e. The molecule has 4 aliphatic carbocycles. The summed E-state index contributed by atoms with van der Waals surface area (Å²) >= 11 is 0. The van der Waals surface area contributed by atoms with Gasteiger partial charge in [-0.05, 0) is 73.7 Å². The van der Waals surface area contributed by atoms with Crippen LogP contribution in [-0.4, -0.2) is 7.85 Å². The van der Waals surface area contributed by atoms with Crippen LogP contribution < -0.4 is 5.46 Å². The third-order valence-corrected chi connectivity index (χ3v) is 5.89. The molecule has 1 aromatic rings. The monoisotopic (exact) mass is 262 g/mol. The van der Waals surface area contributed by atoms with Crippen LogP contribution in [-0.2, 0) is 6.42 Å². The molecule has 0 atom stereocenters. The van der Waals surface area contributed by atoms with E-state index in [1.54, 1.807) is 0 Å². The van der Waals surface area contributed by atoms with Gasteiger partial charge in [-0.1, -0.05) is 41.9 Å². The van der Waals surface area contributed by atoms with Gasteiger partial charge in [-0.25, -0.2) is 0 Å². The van der Waals surface area contributed by atoms with E-state index in [-0.39, 0.29) is 0 Å². The second-order valence-electron chi connectivity index (χ2n) is 7.63. The highest BCUT2D eigenvalue weighted by Gasteiger charge is 2.49. The predicted octanol–water partition coefficient (Wildman–Crippen LogP) is 3.80. The highest BCUT2D eigenvalue weighted by Crippen LogP contribution is 2.60. The Morgan fingerprint density at radius 3 is 2.05 bits per heavy atom. The van der Waals surface area contributed by atoms with Crippen LogP contribution in [0.2, 0.25) is 0 Å². The molecule has 0 aromatic heterocycles. The Balaban J connectivity index is 1.45. The predicted molar refractivity (Wildman–Crippen MR) is 85.3 cm³/mol. The van der Waals surface area contributed by atoms with E-state index < -0.39 is 0 Å². The number of benzene rings is 1. The van der Waals surface area contributed by atoms with E-state index in [2.05, 4.69) is 24.3 Å². The fraction of sp³-hybridized carbons (Fsp3) is 0.579. The van der Waals surface area contributed by atoms with E-state index >= 15 is 0 Å². The first-order valence-electron chi connectivity index (χ1n) is 8.23. The molecule has 1 heteroatoms. The summed E-state index contributed by atoms with van der Waals surface area (Å²) in [4.78, 5) is 0. The average Bonchev–Trinajstić information content (AvgIpc) is 2.39. The third-order valence-electron chi connectivity index (χ3n) is 5.89. The van der Waals surface area contributed by atoms with E-state index in [1.165, 1.54) is 44.1 Å². The Morgan fingerprint density at radius 1 is 0.950 bits per heavy atom. The fourth-order valence-corrected chi connectivity index (χ4v) is 5.48. The van der Waals surface area contributed by atoms with Crippen molar-refractivity contribution in [2.75, 3.05) is 0 Å². The minimum atomic E-state index is 0.572. The zero-order valence-electron chi connectivity index (χ0n) is 12.2. The van der Waals surface area contributed by atoms with Crippen LogP contribution in [0, 0.1) is 23.2 Å². The summed E-state index contributed by atoms with van der Waals surface area (Å²) in [6.45, 7) is 0. The molecule has 4 fully saturated rings. The summed E-state index contributed by atoms with van der Waals surface area (Å²) in [6, 6.07) is 8.32. The Hall–Kier alpha value is -0.975. The molecule has 0 saturated heterocycles. The van der Waals surface area contributed by atoms with Crippen LogP contribution >= 0.6 is 0 Å². The van der Waals surface area contributed by atoms with Crippen molar-refractivity contribution in [1.29, 1.82) is 0 Å².